The van der Waals surface area contributed by atoms with Crippen molar-refractivity contribution in [3.05, 3.63) is 100 Å². The first kappa shape index (κ1) is 22.5. The lowest BCUT2D eigenvalue weighted by Gasteiger charge is -2.07. The lowest BCUT2D eigenvalue weighted by Crippen LogP contribution is -2.27. The molecule has 0 unspecified atom stereocenters. The molecule has 4 rings (SSSR count). The van der Waals surface area contributed by atoms with Gasteiger partial charge in [0.2, 0.25) is 5.91 Å². The van der Waals surface area contributed by atoms with Gasteiger partial charge in [0, 0.05) is 47.8 Å². The van der Waals surface area contributed by atoms with Crippen molar-refractivity contribution in [1.29, 1.82) is 0 Å². The molecule has 2 N–H and O–H groups in total. The molecule has 6 nitrogen and oxygen atoms in total. The average Bonchev–Trinajstić information content (AvgIpc) is 3.52. The number of carbonyl (C=O) groups excluding carboxylic acids is 2. The van der Waals surface area contributed by atoms with Crippen LogP contribution in [-0.4, -0.2) is 28.1 Å². The number of rotatable bonds is 10. The van der Waals surface area contributed by atoms with Crippen molar-refractivity contribution in [3.63, 3.8) is 0 Å². The summed E-state index contributed by atoms with van der Waals surface area (Å²) >= 11 is 1.49. The maximum absolute atomic E-state index is 12.4. The van der Waals surface area contributed by atoms with E-state index in [-0.39, 0.29) is 11.8 Å². The fraction of sp³-hybridized carbons (Fsp3) is 0.192. The predicted molar refractivity (Wildman–Crippen MR) is 131 cm³/mol. The first-order valence-corrected chi connectivity index (χ1v) is 11.9. The van der Waals surface area contributed by atoms with E-state index in [1.807, 2.05) is 70.2 Å². The van der Waals surface area contributed by atoms with E-state index in [1.165, 1.54) is 16.9 Å². The molecule has 0 aliphatic carbocycles. The molecule has 0 radical (unpaired) electrons. The highest BCUT2D eigenvalue weighted by Gasteiger charge is 2.13. The Labute approximate surface area is 197 Å². The van der Waals surface area contributed by atoms with E-state index in [9.17, 15) is 9.59 Å². The highest BCUT2D eigenvalue weighted by Crippen LogP contribution is 2.22. The number of hydrogen-bond acceptors (Lipinski definition) is 4. The Hall–Kier alpha value is -3.71. The van der Waals surface area contributed by atoms with E-state index in [4.69, 9.17) is 5.10 Å². The van der Waals surface area contributed by atoms with E-state index in [0.29, 0.717) is 38.0 Å². The quantitative estimate of drug-likeness (QED) is 0.344. The molecule has 0 aliphatic rings. The Morgan fingerprint density at radius 1 is 0.939 bits per heavy atom. The van der Waals surface area contributed by atoms with E-state index in [0.717, 1.165) is 16.8 Å². The van der Waals surface area contributed by atoms with E-state index < -0.39 is 0 Å². The second-order valence-corrected chi connectivity index (χ2v) is 8.48. The van der Waals surface area contributed by atoms with Gasteiger partial charge in [0.05, 0.1) is 12.2 Å². The Bertz CT molecular complexity index is 1170. The van der Waals surface area contributed by atoms with Crippen LogP contribution in [0, 0.1) is 0 Å². The van der Waals surface area contributed by atoms with Crippen molar-refractivity contribution >= 4 is 23.2 Å². The fourth-order valence-corrected chi connectivity index (χ4v) is 4.15. The lowest BCUT2D eigenvalue weighted by atomic mass is 10.1. The smallest absolute Gasteiger partial charge is 0.252 e. The fourth-order valence-electron chi connectivity index (χ4n) is 3.51. The molecular formula is C26H26N4O2S. The van der Waals surface area contributed by atoms with Crippen molar-refractivity contribution in [3.8, 4) is 11.3 Å². The van der Waals surface area contributed by atoms with Crippen LogP contribution in [0.1, 0.15) is 34.3 Å². The molecule has 0 bridgehead atoms. The van der Waals surface area contributed by atoms with Gasteiger partial charge in [0.25, 0.3) is 5.91 Å². The minimum atomic E-state index is -0.102. The Kier molecular flexibility index (Phi) is 7.66. The maximum atomic E-state index is 12.4. The van der Waals surface area contributed by atoms with Crippen LogP contribution < -0.4 is 10.6 Å². The van der Waals surface area contributed by atoms with Crippen molar-refractivity contribution in [1.82, 2.24) is 20.4 Å². The van der Waals surface area contributed by atoms with E-state index in [2.05, 4.69) is 22.8 Å². The van der Waals surface area contributed by atoms with Gasteiger partial charge < -0.3 is 10.6 Å². The molecular weight excluding hydrogens is 432 g/mol. The Balaban J connectivity index is 1.33. The van der Waals surface area contributed by atoms with Gasteiger partial charge in [-0.25, -0.2) is 0 Å². The van der Waals surface area contributed by atoms with Crippen LogP contribution in [0.25, 0.3) is 11.3 Å². The third-order valence-corrected chi connectivity index (χ3v) is 5.88. The third-order valence-electron chi connectivity index (χ3n) is 5.20. The molecule has 0 fully saturated rings. The molecule has 168 valence electrons. The Morgan fingerprint density at radius 2 is 1.70 bits per heavy atom. The van der Waals surface area contributed by atoms with Crippen molar-refractivity contribution < 1.29 is 9.59 Å². The van der Waals surface area contributed by atoms with Crippen LogP contribution in [0.3, 0.4) is 0 Å². The molecule has 0 atom stereocenters. The van der Waals surface area contributed by atoms with Crippen LogP contribution in [-0.2, 0) is 17.9 Å². The van der Waals surface area contributed by atoms with Crippen molar-refractivity contribution in [2.45, 2.75) is 25.9 Å². The van der Waals surface area contributed by atoms with Crippen molar-refractivity contribution in [2.75, 3.05) is 6.54 Å². The molecule has 0 saturated heterocycles. The number of aromatic nitrogens is 2. The molecule has 2 amide bonds. The van der Waals surface area contributed by atoms with Gasteiger partial charge in [0.1, 0.15) is 0 Å². The van der Waals surface area contributed by atoms with Crippen LogP contribution in [0.4, 0.5) is 0 Å². The second kappa shape index (κ2) is 11.2. The Morgan fingerprint density at radius 3 is 2.42 bits per heavy atom. The number of hydrogen-bond donors (Lipinski definition) is 2. The molecule has 2 aromatic heterocycles. The summed E-state index contributed by atoms with van der Waals surface area (Å²) in [7, 11) is 0. The first-order chi connectivity index (χ1) is 16.2. The molecule has 2 aromatic carbocycles. The zero-order valence-corrected chi connectivity index (χ0v) is 19.1. The van der Waals surface area contributed by atoms with Crippen LogP contribution in [0.2, 0.25) is 0 Å². The number of thiophene rings is 1. The van der Waals surface area contributed by atoms with Gasteiger partial charge in [-0.05, 0) is 23.4 Å². The molecule has 2 heterocycles. The third kappa shape index (κ3) is 6.40. The summed E-state index contributed by atoms with van der Waals surface area (Å²) in [5.41, 5.74) is 4.68. The van der Waals surface area contributed by atoms with Crippen molar-refractivity contribution in [2.24, 2.45) is 0 Å². The standard InChI is InChI=1S/C26H26N4O2S/c31-24(12-7-14-27-26(32)22-13-15-33-19-22)28-16-23-18-30(17-20-8-3-1-4-9-20)29-25(23)21-10-5-2-6-11-21/h1-6,8-11,13,15,18-19H,7,12,14,16-17H2,(H,27,32)(H,28,31). The first-order valence-electron chi connectivity index (χ1n) is 10.9. The predicted octanol–water partition coefficient (Wildman–Crippen LogP) is 4.49. The minimum Gasteiger partial charge on any atom is -0.352 e. The summed E-state index contributed by atoms with van der Waals surface area (Å²) in [4.78, 5) is 24.3. The van der Waals surface area contributed by atoms with Crippen LogP contribution in [0.5, 0.6) is 0 Å². The molecule has 0 spiro atoms. The van der Waals surface area contributed by atoms with Crippen LogP contribution in [0.15, 0.2) is 83.7 Å². The topological polar surface area (TPSA) is 76.0 Å². The molecule has 7 heteroatoms. The van der Waals surface area contributed by atoms with Crippen LogP contribution >= 0.6 is 11.3 Å². The molecule has 0 saturated carbocycles. The lowest BCUT2D eigenvalue weighted by molar-refractivity contribution is -0.121. The zero-order chi connectivity index (χ0) is 22.9. The number of carbonyl (C=O) groups is 2. The second-order valence-electron chi connectivity index (χ2n) is 7.70. The number of nitrogens with one attached hydrogen (secondary N) is 2. The van der Waals surface area contributed by atoms with Gasteiger partial charge in [0.15, 0.2) is 0 Å². The minimum absolute atomic E-state index is 0.0467. The SMILES string of the molecule is O=C(CCCNC(=O)c1ccsc1)NCc1cn(Cc2ccccc2)nc1-c1ccccc1. The largest absolute Gasteiger partial charge is 0.352 e. The summed E-state index contributed by atoms with van der Waals surface area (Å²) in [5, 5.41) is 14.3. The van der Waals surface area contributed by atoms with E-state index >= 15 is 0 Å². The highest BCUT2D eigenvalue weighted by atomic mass is 32.1. The van der Waals surface area contributed by atoms with E-state index in [1.54, 1.807) is 6.07 Å². The number of amides is 2. The van der Waals surface area contributed by atoms with Gasteiger partial charge in [-0.15, -0.1) is 0 Å². The summed E-state index contributed by atoms with van der Waals surface area (Å²) in [6.07, 6.45) is 2.93. The molecule has 4 aromatic rings. The van der Waals surface area contributed by atoms with Gasteiger partial charge in [-0.2, -0.15) is 16.4 Å². The maximum Gasteiger partial charge on any atom is 0.252 e. The number of benzene rings is 2. The van der Waals surface area contributed by atoms with Gasteiger partial charge in [-0.1, -0.05) is 60.7 Å². The summed E-state index contributed by atoms with van der Waals surface area (Å²) in [5.74, 6) is -0.149. The summed E-state index contributed by atoms with van der Waals surface area (Å²) in [6.45, 7) is 1.53. The average molecular weight is 459 g/mol. The van der Waals surface area contributed by atoms with Gasteiger partial charge >= 0.3 is 0 Å². The zero-order valence-electron chi connectivity index (χ0n) is 18.2. The summed E-state index contributed by atoms with van der Waals surface area (Å²) < 4.78 is 1.92. The highest BCUT2D eigenvalue weighted by molar-refractivity contribution is 7.08. The molecule has 0 aliphatic heterocycles. The normalized spacial score (nSPS) is 10.7. The molecule has 33 heavy (non-hydrogen) atoms. The number of nitrogens with zero attached hydrogens (tertiary/aromatic N) is 2. The monoisotopic (exact) mass is 458 g/mol. The van der Waals surface area contributed by atoms with Gasteiger partial charge in [-0.3, -0.25) is 14.3 Å². The summed E-state index contributed by atoms with van der Waals surface area (Å²) in [6, 6.07) is 21.9.